The van der Waals surface area contributed by atoms with Gasteiger partial charge in [-0.1, -0.05) is 34.1 Å². The number of nitrogens with one attached hydrogen (secondary N) is 1. The molecule has 1 aromatic carbocycles. The first kappa shape index (κ1) is 16.6. The van der Waals surface area contributed by atoms with E-state index < -0.39 is 0 Å². The number of anilines is 3. The molecule has 6 nitrogen and oxygen atoms in total. The van der Waals surface area contributed by atoms with Crippen LogP contribution in [0.1, 0.15) is 24.4 Å². The third-order valence-corrected chi connectivity index (χ3v) is 5.60. The minimum absolute atomic E-state index is 0.306. The first-order chi connectivity index (χ1) is 12.1. The summed E-state index contributed by atoms with van der Waals surface area (Å²) in [5, 5.41) is 3.35. The van der Waals surface area contributed by atoms with Crippen LogP contribution >= 0.6 is 15.9 Å². The zero-order valence-electron chi connectivity index (χ0n) is 14.3. The molecule has 1 unspecified atom stereocenters. The molecule has 2 aliphatic rings. The standard InChI is InChI=1S/C18H23BrN6/c1-24-8-9-25(11-15(24)13-4-2-3-5-14(13)19)17-10-16(20)22-18(23-17)21-12-6-7-12/h2-5,10,12,15H,6-9,11H2,1H3,(H3,20,21,22,23). The van der Waals surface area contributed by atoms with Gasteiger partial charge in [-0.25, -0.2) is 0 Å². The van der Waals surface area contributed by atoms with E-state index >= 15 is 0 Å². The van der Waals surface area contributed by atoms with Crippen LogP contribution in [-0.2, 0) is 0 Å². The van der Waals surface area contributed by atoms with Crippen molar-refractivity contribution in [1.82, 2.24) is 14.9 Å². The van der Waals surface area contributed by atoms with E-state index in [0.29, 0.717) is 23.8 Å². The Kier molecular flexibility index (Phi) is 4.52. The summed E-state index contributed by atoms with van der Waals surface area (Å²) >= 11 is 3.69. The molecule has 1 aliphatic heterocycles. The lowest BCUT2D eigenvalue weighted by molar-refractivity contribution is 0.220. The predicted molar refractivity (Wildman–Crippen MR) is 105 cm³/mol. The highest BCUT2D eigenvalue weighted by Gasteiger charge is 2.28. The molecule has 2 fully saturated rings. The lowest BCUT2D eigenvalue weighted by Gasteiger charge is -2.40. The van der Waals surface area contributed by atoms with E-state index in [1.807, 2.05) is 6.07 Å². The fourth-order valence-electron chi connectivity index (χ4n) is 3.25. The van der Waals surface area contributed by atoms with Crippen LogP contribution in [0, 0.1) is 0 Å². The van der Waals surface area contributed by atoms with Gasteiger partial charge >= 0.3 is 0 Å². The van der Waals surface area contributed by atoms with Gasteiger partial charge in [0.1, 0.15) is 11.6 Å². The van der Waals surface area contributed by atoms with Crippen LogP contribution in [0.4, 0.5) is 17.6 Å². The van der Waals surface area contributed by atoms with Gasteiger partial charge in [0, 0.05) is 36.2 Å². The molecule has 0 amide bonds. The summed E-state index contributed by atoms with van der Waals surface area (Å²) in [4.78, 5) is 13.7. The summed E-state index contributed by atoms with van der Waals surface area (Å²) < 4.78 is 1.15. The Morgan fingerprint density at radius 1 is 1.20 bits per heavy atom. The predicted octanol–water partition coefficient (Wildman–Crippen LogP) is 2.89. The number of nitrogens with zero attached hydrogens (tertiary/aromatic N) is 4. The molecule has 25 heavy (non-hydrogen) atoms. The van der Waals surface area contributed by atoms with E-state index in [0.717, 1.165) is 29.9 Å². The van der Waals surface area contributed by atoms with Crippen LogP contribution in [0.25, 0.3) is 0 Å². The Morgan fingerprint density at radius 2 is 2.00 bits per heavy atom. The topological polar surface area (TPSA) is 70.3 Å². The highest BCUT2D eigenvalue weighted by atomic mass is 79.9. The fourth-order valence-corrected chi connectivity index (χ4v) is 3.80. The fraction of sp³-hybridized carbons (Fsp3) is 0.444. The molecule has 7 heteroatoms. The van der Waals surface area contributed by atoms with Crippen molar-refractivity contribution < 1.29 is 0 Å². The molecule has 0 spiro atoms. The van der Waals surface area contributed by atoms with Gasteiger partial charge in [0.2, 0.25) is 5.95 Å². The van der Waals surface area contributed by atoms with Crippen molar-refractivity contribution in [2.45, 2.75) is 24.9 Å². The van der Waals surface area contributed by atoms with Gasteiger partial charge < -0.3 is 16.0 Å². The van der Waals surface area contributed by atoms with Gasteiger partial charge in [-0.15, -0.1) is 0 Å². The second kappa shape index (κ2) is 6.80. The molecule has 3 N–H and O–H groups in total. The highest BCUT2D eigenvalue weighted by Crippen LogP contribution is 2.32. The van der Waals surface area contributed by atoms with E-state index in [1.54, 1.807) is 0 Å². The number of piperazine rings is 1. The Morgan fingerprint density at radius 3 is 2.76 bits per heavy atom. The molecule has 4 rings (SSSR count). The minimum atomic E-state index is 0.306. The van der Waals surface area contributed by atoms with Crippen LogP contribution in [0.2, 0.25) is 0 Å². The molecule has 1 aromatic heterocycles. The SMILES string of the molecule is CN1CCN(c2cc(N)nc(NC3CC3)n2)CC1c1ccccc1Br. The van der Waals surface area contributed by atoms with Gasteiger partial charge in [0.15, 0.2) is 0 Å². The number of rotatable bonds is 4. The number of likely N-dealkylation sites (N-methyl/N-ethyl adjacent to an activating group) is 1. The summed E-state index contributed by atoms with van der Waals surface area (Å²) in [7, 11) is 2.18. The quantitative estimate of drug-likeness (QED) is 0.818. The Labute approximate surface area is 156 Å². The Hall–Kier alpha value is -1.86. The number of nitrogens with two attached hydrogens (primary N) is 1. The molecule has 2 heterocycles. The molecule has 1 saturated carbocycles. The summed E-state index contributed by atoms with van der Waals surface area (Å²) in [5.41, 5.74) is 7.32. The molecule has 0 bridgehead atoms. The largest absolute Gasteiger partial charge is 0.383 e. The molecular formula is C18H23BrN6. The van der Waals surface area contributed by atoms with E-state index in [4.69, 9.17) is 10.7 Å². The maximum Gasteiger partial charge on any atom is 0.226 e. The molecule has 2 aromatic rings. The van der Waals surface area contributed by atoms with Crippen molar-refractivity contribution in [3.05, 3.63) is 40.4 Å². The molecule has 1 saturated heterocycles. The minimum Gasteiger partial charge on any atom is -0.383 e. The zero-order chi connectivity index (χ0) is 17.4. The first-order valence-electron chi connectivity index (χ1n) is 8.71. The van der Waals surface area contributed by atoms with Gasteiger partial charge in [-0.2, -0.15) is 9.97 Å². The number of hydrogen-bond donors (Lipinski definition) is 2. The van der Waals surface area contributed by atoms with E-state index in [-0.39, 0.29) is 0 Å². The maximum atomic E-state index is 6.02. The monoisotopic (exact) mass is 402 g/mol. The van der Waals surface area contributed by atoms with Crippen LogP contribution in [0.15, 0.2) is 34.8 Å². The Bertz CT molecular complexity index is 763. The number of aromatic nitrogens is 2. The molecule has 1 aliphatic carbocycles. The van der Waals surface area contributed by atoms with Crippen molar-refractivity contribution in [1.29, 1.82) is 0 Å². The van der Waals surface area contributed by atoms with Gasteiger partial charge in [0.05, 0.1) is 6.04 Å². The Balaban J connectivity index is 1.58. The number of nitrogen functional groups attached to an aromatic ring is 1. The maximum absolute atomic E-state index is 6.02. The molecular weight excluding hydrogens is 380 g/mol. The number of benzene rings is 1. The van der Waals surface area contributed by atoms with Crippen molar-refractivity contribution in [3.8, 4) is 0 Å². The smallest absolute Gasteiger partial charge is 0.226 e. The summed E-state index contributed by atoms with van der Waals surface area (Å²) in [6.45, 7) is 2.77. The lowest BCUT2D eigenvalue weighted by atomic mass is 10.0. The molecule has 132 valence electrons. The highest BCUT2D eigenvalue weighted by molar-refractivity contribution is 9.10. The third kappa shape index (κ3) is 3.72. The summed E-state index contributed by atoms with van der Waals surface area (Å²) in [6, 6.07) is 11.1. The lowest BCUT2D eigenvalue weighted by Crippen LogP contribution is -2.47. The van der Waals surface area contributed by atoms with Gasteiger partial charge in [-0.3, -0.25) is 4.90 Å². The van der Waals surface area contributed by atoms with E-state index in [9.17, 15) is 0 Å². The summed E-state index contributed by atoms with van der Waals surface area (Å²) in [6.07, 6.45) is 2.37. The number of hydrogen-bond acceptors (Lipinski definition) is 6. The zero-order valence-corrected chi connectivity index (χ0v) is 15.9. The summed E-state index contributed by atoms with van der Waals surface area (Å²) in [5.74, 6) is 2.07. The van der Waals surface area contributed by atoms with Gasteiger partial charge in [0.25, 0.3) is 0 Å². The van der Waals surface area contributed by atoms with E-state index in [1.165, 1.54) is 18.4 Å². The normalized spacial score (nSPS) is 21.4. The van der Waals surface area contributed by atoms with Crippen molar-refractivity contribution in [2.24, 2.45) is 0 Å². The average Bonchev–Trinajstić information content (AvgIpc) is 3.39. The number of halogens is 1. The van der Waals surface area contributed by atoms with Crippen LogP contribution in [0.3, 0.4) is 0 Å². The molecule has 1 atom stereocenters. The second-order valence-corrected chi connectivity index (χ2v) is 7.71. The van der Waals surface area contributed by atoms with Crippen LogP contribution in [0.5, 0.6) is 0 Å². The average molecular weight is 403 g/mol. The van der Waals surface area contributed by atoms with Crippen molar-refractivity contribution in [3.63, 3.8) is 0 Å². The van der Waals surface area contributed by atoms with Crippen molar-refractivity contribution in [2.75, 3.05) is 42.6 Å². The second-order valence-electron chi connectivity index (χ2n) is 6.86. The first-order valence-corrected chi connectivity index (χ1v) is 9.50. The van der Waals surface area contributed by atoms with Gasteiger partial charge in [-0.05, 0) is 31.5 Å². The van der Waals surface area contributed by atoms with Crippen LogP contribution < -0.4 is 16.0 Å². The van der Waals surface area contributed by atoms with Crippen molar-refractivity contribution >= 4 is 33.5 Å². The third-order valence-electron chi connectivity index (χ3n) is 4.88. The molecule has 0 radical (unpaired) electrons. The van der Waals surface area contributed by atoms with E-state index in [2.05, 4.69) is 67.3 Å². The van der Waals surface area contributed by atoms with Crippen LogP contribution in [-0.4, -0.2) is 47.6 Å².